The predicted octanol–water partition coefficient (Wildman–Crippen LogP) is 4.97. The number of carbonyl (C=O) groups excluding carboxylic acids is 1. The number of thiophene rings is 1. The van der Waals surface area contributed by atoms with E-state index in [1.165, 1.54) is 30.6 Å². The van der Waals surface area contributed by atoms with Gasteiger partial charge in [-0.2, -0.15) is 5.26 Å². The van der Waals surface area contributed by atoms with Gasteiger partial charge in [0.1, 0.15) is 10.7 Å². The molecule has 164 valence electrons. The third-order valence-electron chi connectivity index (χ3n) is 6.51. The topological polar surface area (TPSA) is 81.0 Å². The fraction of sp³-hybridized carbons (Fsp3) is 0.375. The molecule has 5 rings (SSSR count). The Hall–Kier alpha value is -2.73. The van der Waals surface area contributed by atoms with Gasteiger partial charge in [-0.1, -0.05) is 6.07 Å². The molecular weight excluding hydrogens is 438 g/mol. The number of nitrogens with zero attached hydrogens (tertiary/aromatic N) is 3. The highest BCUT2D eigenvalue weighted by atomic mass is 32.1. The van der Waals surface area contributed by atoms with Gasteiger partial charge in [-0.3, -0.25) is 4.79 Å². The SMILES string of the molecule is N#Cc1ccc(NC(=O)c2csc(-c3cccs3)n2)c(N2CCCC3(CCNCC3)C2)c1. The van der Waals surface area contributed by atoms with E-state index in [4.69, 9.17) is 0 Å². The Morgan fingerprint density at radius 3 is 2.88 bits per heavy atom. The molecule has 0 unspecified atom stereocenters. The summed E-state index contributed by atoms with van der Waals surface area (Å²) in [6.45, 7) is 4.02. The molecule has 2 N–H and O–H groups in total. The van der Waals surface area contributed by atoms with E-state index in [9.17, 15) is 10.1 Å². The Balaban J connectivity index is 1.40. The highest BCUT2D eigenvalue weighted by Gasteiger charge is 2.37. The van der Waals surface area contributed by atoms with Gasteiger partial charge in [0.2, 0.25) is 0 Å². The van der Waals surface area contributed by atoms with Crippen molar-refractivity contribution in [2.45, 2.75) is 25.7 Å². The Bertz CT molecular complexity index is 1140. The van der Waals surface area contributed by atoms with Crippen molar-refractivity contribution in [2.24, 2.45) is 5.41 Å². The molecular formula is C24H25N5OS2. The molecule has 0 radical (unpaired) electrons. The van der Waals surface area contributed by atoms with Gasteiger partial charge >= 0.3 is 0 Å². The van der Waals surface area contributed by atoms with Crippen molar-refractivity contribution in [3.05, 3.63) is 52.3 Å². The van der Waals surface area contributed by atoms with Crippen LogP contribution in [0.1, 0.15) is 41.7 Å². The highest BCUT2D eigenvalue weighted by Crippen LogP contribution is 2.41. The maximum absolute atomic E-state index is 13.0. The summed E-state index contributed by atoms with van der Waals surface area (Å²) >= 11 is 3.09. The van der Waals surface area contributed by atoms with Gasteiger partial charge in [-0.15, -0.1) is 22.7 Å². The van der Waals surface area contributed by atoms with Gasteiger partial charge in [0.25, 0.3) is 5.91 Å². The van der Waals surface area contributed by atoms with Crippen LogP contribution in [0.3, 0.4) is 0 Å². The first kappa shape index (κ1) is 21.1. The van der Waals surface area contributed by atoms with Crippen LogP contribution in [-0.2, 0) is 0 Å². The summed E-state index contributed by atoms with van der Waals surface area (Å²) in [4.78, 5) is 21.0. The van der Waals surface area contributed by atoms with E-state index in [-0.39, 0.29) is 5.91 Å². The summed E-state index contributed by atoms with van der Waals surface area (Å²) in [6, 6.07) is 11.8. The third-order valence-corrected chi connectivity index (χ3v) is 8.39. The second-order valence-electron chi connectivity index (χ2n) is 8.59. The Kier molecular flexibility index (Phi) is 5.96. The van der Waals surface area contributed by atoms with Gasteiger partial charge in [0, 0.05) is 18.5 Å². The van der Waals surface area contributed by atoms with Crippen molar-refractivity contribution in [1.82, 2.24) is 10.3 Å². The van der Waals surface area contributed by atoms with Crippen molar-refractivity contribution in [1.29, 1.82) is 5.26 Å². The maximum Gasteiger partial charge on any atom is 0.275 e. The molecule has 3 aromatic rings. The average molecular weight is 464 g/mol. The standard InChI is InChI=1S/C24H25N5OS2/c25-14-17-4-5-18(27-22(30)19-15-32-23(28-19)21-3-1-12-31-21)20(13-17)29-11-2-6-24(16-29)7-9-26-10-8-24/h1,3-5,12-13,15,26H,2,6-11,16H2,(H,27,30). The number of nitrogens with one attached hydrogen (secondary N) is 2. The lowest BCUT2D eigenvalue weighted by molar-refractivity contribution is 0.102. The number of amides is 1. The van der Waals surface area contributed by atoms with Crippen LogP contribution in [0.5, 0.6) is 0 Å². The average Bonchev–Trinajstić information content (AvgIpc) is 3.52. The van der Waals surface area contributed by atoms with Crippen molar-refractivity contribution in [2.75, 3.05) is 36.4 Å². The molecule has 0 saturated carbocycles. The van der Waals surface area contributed by atoms with Gasteiger partial charge in [-0.05, 0) is 73.8 Å². The lowest BCUT2D eigenvalue weighted by atomic mass is 9.73. The Labute approximate surface area is 195 Å². The predicted molar refractivity (Wildman–Crippen MR) is 131 cm³/mol. The number of carbonyl (C=O) groups is 1. The number of nitriles is 1. The molecule has 2 saturated heterocycles. The number of rotatable bonds is 4. The van der Waals surface area contributed by atoms with Crippen LogP contribution >= 0.6 is 22.7 Å². The van der Waals surface area contributed by atoms with Gasteiger partial charge in [0.15, 0.2) is 0 Å². The number of thiazole rings is 1. The Morgan fingerprint density at radius 1 is 1.22 bits per heavy atom. The van der Waals surface area contributed by atoms with Crippen LogP contribution in [0, 0.1) is 16.7 Å². The minimum absolute atomic E-state index is 0.219. The van der Waals surface area contributed by atoms with E-state index in [0.717, 1.165) is 53.9 Å². The number of hydrogen-bond acceptors (Lipinski definition) is 7. The quantitative estimate of drug-likeness (QED) is 0.571. The molecule has 2 aliphatic rings. The zero-order valence-corrected chi connectivity index (χ0v) is 19.4. The molecule has 8 heteroatoms. The molecule has 4 heterocycles. The van der Waals surface area contributed by atoms with E-state index in [1.54, 1.807) is 22.8 Å². The molecule has 2 fully saturated rings. The molecule has 0 atom stereocenters. The lowest BCUT2D eigenvalue weighted by Crippen LogP contribution is -2.48. The highest BCUT2D eigenvalue weighted by molar-refractivity contribution is 7.20. The summed E-state index contributed by atoms with van der Waals surface area (Å²) in [7, 11) is 0. The van der Waals surface area contributed by atoms with E-state index in [0.29, 0.717) is 16.7 Å². The minimum Gasteiger partial charge on any atom is -0.369 e. The zero-order valence-electron chi connectivity index (χ0n) is 17.8. The molecule has 2 aromatic heterocycles. The number of piperidine rings is 2. The van der Waals surface area contributed by atoms with E-state index >= 15 is 0 Å². The molecule has 1 spiro atoms. The van der Waals surface area contributed by atoms with Crippen molar-refractivity contribution in [3.8, 4) is 16.0 Å². The van der Waals surface area contributed by atoms with E-state index in [2.05, 4.69) is 26.6 Å². The second kappa shape index (κ2) is 9.02. The first-order valence-corrected chi connectivity index (χ1v) is 12.7. The second-order valence-corrected chi connectivity index (χ2v) is 10.4. The van der Waals surface area contributed by atoms with Crippen LogP contribution < -0.4 is 15.5 Å². The molecule has 32 heavy (non-hydrogen) atoms. The number of anilines is 2. The first-order valence-electron chi connectivity index (χ1n) is 11.0. The lowest BCUT2D eigenvalue weighted by Gasteiger charge is -2.46. The van der Waals surface area contributed by atoms with Gasteiger partial charge < -0.3 is 15.5 Å². The third kappa shape index (κ3) is 4.29. The van der Waals surface area contributed by atoms with Crippen LogP contribution in [0.2, 0.25) is 0 Å². The summed E-state index contributed by atoms with van der Waals surface area (Å²) < 4.78 is 0. The summed E-state index contributed by atoms with van der Waals surface area (Å²) in [5.41, 5.74) is 3.02. The Morgan fingerprint density at radius 2 is 2.09 bits per heavy atom. The van der Waals surface area contributed by atoms with E-state index in [1.807, 2.05) is 29.6 Å². The fourth-order valence-electron chi connectivity index (χ4n) is 4.83. The summed E-state index contributed by atoms with van der Waals surface area (Å²) in [5, 5.41) is 20.7. The zero-order chi connectivity index (χ0) is 22.0. The first-order chi connectivity index (χ1) is 15.7. The number of hydrogen-bond donors (Lipinski definition) is 2. The van der Waals surface area contributed by atoms with Crippen molar-refractivity contribution < 1.29 is 4.79 Å². The van der Waals surface area contributed by atoms with Gasteiger partial charge in [0.05, 0.1) is 27.9 Å². The number of benzene rings is 1. The molecule has 6 nitrogen and oxygen atoms in total. The molecule has 1 amide bonds. The van der Waals surface area contributed by atoms with Crippen LogP contribution in [0.25, 0.3) is 9.88 Å². The van der Waals surface area contributed by atoms with E-state index < -0.39 is 0 Å². The minimum atomic E-state index is -0.219. The van der Waals surface area contributed by atoms with Crippen LogP contribution in [0.4, 0.5) is 11.4 Å². The number of aromatic nitrogens is 1. The molecule has 0 bridgehead atoms. The van der Waals surface area contributed by atoms with Crippen LogP contribution in [0.15, 0.2) is 41.1 Å². The van der Waals surface area contributed by atoms with Crippen LogP contribution in [-0.4, -0.2) is 37.1 Å². The molecule has 2 aliphatic heterocycles. The normalized spacial score (nSPS) is 17.8. The maximum atomic E-state index is 13.0. The fourth-order valence-corrected chi connectivity index (χ4v) is 6.44. The summed E-state index contributed by atoms with van der Waals surface area (Å²) in [5.74, 6) is -0.219. The van der Waals surface area contributed by atoms with Gasteiger partial charge in [-0.25, -0.2) is 4.98 Å². The largest absolute Gasteiger partial charge is 0.369 e. The molecule has 0 aliphatic carbocycles. The van der Waals surface area contributed by atoms with Crippen molar-refractivity contribution >= 4 is 40.0 Å². The molecule has 1 aromatic carbocycles. The summed E-state index contributed by atoms with van der Waals surface area (Å²) in [6.07, 6.45) is 4.72. The van der Waals surface area contributed by atoms with Crippen molar-refractivity contribution in [3.63, 3.8) is 0 Å². The monoisotopic (exact) mass is 463 g/mol. The smallest absolute Gasteiger partial charge is 0.275 e.